The quantitative estimate of drug-likeness (QED) is 0.857. The molecule has 2 heterocycles. The fourth-order valence-electron chi connectivity index (χ4n) is 3.29. The van der Waals surface area contributed by atoms with E-state index in [4.69, 9.17) is 5.26 Å². The van der Waals surface area contributed by atoms with Crippen molar-refractivity contribution in [1.29, 1.82) is 5.26 Å². The van der Waals surface area contributed by atoms with Crippen LogP contribution in [-0.2, 0) is 0 Å². The van der Waals surface area contributed by atoms with Gasteiger partial charge in [0.15, 0.2) is 0 Å². The van der Waals surface area contributed by atoms with E-state index < -0.39 is 0 Å². The van der Waals surface area contributed by atoms with E-state index in [-0.39, 0.29) is 0 Å². The van der Waals surface area contributed by atoms with Gasteiger partial charge in [-0.05, 0) is 49.5 Å². The molecular formula is C15H19N3. The molecule has 2 saturated heterocycles. The Morgan fingerprint density at radius 1 is 1.33 bits per heavy atom. The first kappa shape index (κ1) is 11.7. The summed E-state index contributed by atoms with van der Waals surface area (Å²) in [6.07, 6.45) is 0. The summed E-state index contributed by atoms with van der Waals surface area (Å²) in [6, 6.07) is 10.7. The molecule has 1 aromatic rings. The molecule has 0 aliphatic carbocycles. The molecule has 0 spiro atoms. The molecule has 0 radical (unpaired) electrons. The van der Waals surface area contributed by atoms with Crippen LogP contribution in [0.1, 0.15) is 24.1 Å². The predicted octanol–water partition coefficient (Wildman–Crippen LogP) is 1.77. The lowest BCUT2D eigenvalue weighted by molar-refractivity contribution is 0.244. The maximum atomic E-state index is 8.97. The Kier molecular flexibility index (Phi) is 3.07. The molecule has 3 rings (SSSR count). The first-order valence-corrected chi connectivity index (χ1v) is 6.73. The van der Waals surface area contributed by atoms with Gasteiger partial charge in [-0.25, -0.2) is 0 Å². The van der Waals surface area contributed by atoms with Crippen LogP contribution in [0.3, 0.4) is 0 Å². The van der Waals surface area contributed by atoms with E-state index in [0.29, 0.717) is 6.04 Å². The largest absolute Gasteiger partial charge is 0.316 e. The van der Waals surface area contributed by atoms with E-state index in [1.807, 2.05) is 18.2 Å². The summed E-state index contributed by atoms with van der Waals surface area (Å²) >= 11 is 0. The fraction of sp³-hybridized carbons (Fsp3) is 0.533. The summed E-state index contributed by atoms with van der Waals surface area (Å²) in [5.41, 5.74) is 2.03. The Morgan fingerprint density at radius 2 is 2.06 bits per heavy atom. The number of hydrogen-bond donors (Lipinski definition) is 1. The molecule has 3 nitrogen and oxygen atoms in total. The minimum atomic E-state index is 0.420. The van der Waals surface area contributed by atoms with Gasteiger partial charge in [0, 0.05) is 19.1 Å². The summed E-state index contributed by atoms with van der Waals surface area (Å²) in [5, 5.41) is 12.4. The van der Waals surface area contributed by atoms with Gasteiger partial charge in [0.05, 0.1) is 11.6 Å². The van der Waals surface area contributed by atoms with E-state index in [2.05, 4.69) is 29.3 Å². The van der Waals surface area contributed by atoms with Crippen LogP contribution >= 0.6 is 0 Å². The molecule has 18 heavy (non-hydrogen) atoms. The smallest absolute Gasteiger partial charge is 0.0991 e. The van der Waals surface area contributed by atoms with Crippen molar-refractivity contribution in [2.45, 2.75) is 13.0 Å². The molecule has 1 aromatic carbocycles. The first-order valence-electron chi connectivity index (χ1n) is 6.73. The van der Waals surface area contributed by atoms with Gasteiger partial charge in [0.2, 0.25) is 0 Å². The van der Waals surface area contributed by atoms with Crippen LogP contribution < -0.4 is 5.32 Å². The standard InChI is InChI=1S/C15H19N3/c1-11(13-4-2-3-12(5-13)6-16)18-9-14-7-17-8-15(14)10-18/h2-5,11,14-15,17H,7-10H2,1H3/t11?,14-,15+. The normalized spacial score (nSPS) is 28.9. The second kappa shape index (κ2) is 4.72. The van der Waals surface area contributed by atoms with Crippen LogP contribution in [0, 0.1) is 23.2 Å². The Hall–Kier alpha value is -1.37. The molecule has 0 aromatic heterocycles. The van der Waals surface area contributed by atoms with Crippen LogP contribution in [0.5, 0.6) is 0 Å². The van der Waals surface area contributed by atoms with Crippen molar-refractivity contribution >= 4 is 0 Å². The number of benzene rings is 1. The predicted molar refractivity (Wildman–Crippen MR) is 71.0 cm³/mol. The lowest BCUT2D eigenvalue weighted by Crippen LogP contribution is -2.28. The first-order chi connectivity index (χ1) is 8.78. The lowest BCUT2D eigenvalue weighted by Gasteiger charge is -2.25. The van der Waals surface area contributed by atoms with Gasteiger partial charge in [0.25, 0.3) is 0 Å². The van der Waals surface area contributed by atoms with Crippen molar-refractivity contribution in [3.63, 3.8) is 0 Å². The minimum Gasteiger partial charge on any atom is -0.316 e. The maximum absolute atomic E-state index is 8.97. The third-order valence-electron chi connectivity index (χ3n) is 4.46. The molecule has 1 N–H and O–H groups in total. The average Bonchev–Trinajstić information content (AvgIpc) is 2.98. The fourth-order valence-corrected chi connectivity index (χ4v) is 3.29. The molecule has 94 valence electrons. The zero-order valence-electron chi connectivity index (χ0n) is 10.8. The zero-order chi connectivity index (χ0) is 12.5. The highest BCUT2D eigenvalue weighted by Gasteiger charge is 2.37. The van der Waals surface area contributed by atoms with Crippen LogP contribution in [0.4, 0.5) is 0 Å². The van der Waals surface area contributed by atoms with E-state index in [1.54, 1.807) is 0 Å². The maximum Gasteiger partial charge on any atom is 0.0991 e. The number of nitrogens with zero attached hydrogens (tertiary/aromatic N) is 2. The van der Waals surface area contributed by atoms with E-state index in [1.165, 1.54) is 31.7 Å². The summed E-state index contributed by atoms with van der Waals surface area (Å²) < 4.78 is 0. The Bertz CT molecular complexity index is 465. The van der Waals surface area contributed by atoms with Crippen LogP contribution in [0.25, 0.3) is 0 Å². The third kappa shape index (κ3) is 2.03. The SMILES string of the molecule is CC(c1cccc(C#N)c1)N1C[C@H]2CNC[C@H]2C1. The van der Waals surface area contributed by atoms with Gasteiger partial charge in [-0.1, -0.05) is 12.1 Å². The number of hydrogen-bond acceptors (Lipinski definition) is 3. The van der Waals surface area contributed by atoms with E-state index in [9.17, 15) is 0 Å². The summed E-state index contributed by atoms with van der Waals surface area (Å²) in [7, 11) is 0. The summed E-state index contributed by atoms with van der Waals surface area (Å²) in [6.45, 7) is 6.98. The Morgan fingerprint density at radius 3 is 2.72 bits per heavy atom. The van der Waals surface area contributed by atoms with Crippen molar-refractivity contribution in [2.24, 2.45) is 11.8 Å². The number of likely N-dealkylation sites (tertiary alicyclic amines) is 1. The molecule has 2 fully saturated rings. The van der Waals surface area contributed by atoms with Gasteiger partial charge in [-0.2, -0.15) is 5.26 Å². The van der Waals surface area contributed by atoms with Crippen molar-refractivity contribution in [1.82, 2.24) is 10.2 Å². The Balaban J connectivity index is 1.75. The molecule has 3 heteroatoms. The van der Waals surface area contributed by atoms with Gasteiger partial charge < -0.3 is 5.32 Å². The number of rotatable bonds is 2. The molecule has 0 saturated carbocycles. The summed E-state index contributed by atoms with van der Waals surface area (Å²) in [4.78, 5) is 2.56. The van der Waals surface area contributed by atoms with Crippen molar-refractivity contribution in [3.8, 4) is 6.07 Å². The highest BCUT2D eigenvalue weighted by atomic mass is 15.2. The monoisotopic (exact) mass is 241 g/mol. The second-order valence-electron chi connectivity index (χ2n) is 5.55. The molecular weight excluding hydrogens is 222 g/mol. The third-order valence-corrected chi connectivity index (χ3v) is 4.46. The lowest BCUT2D eigenvalue weighted by atomic mass is 10.0. The van der Waals surface area contributed by atoms with Gasteiger partial charge in [-0.3, -0.25) is 4.90 Å². The molecule has 0 amide bonds. The molecule has 3 atom stereocenters. The van der Waals surface area contributed by atoms with Gasteiger partial charge in [-0.15, -0.1) is 0 Å². The van der Waals surface area contributed by atoms with Crippen molar-refractivity contribution < 1.29 is 0 Å². The molecule has 1 unspecified atom stereocenters. The van der Waals surface area contributed by atoms with Gasteiger partial charge in [0.1, 0.15) is 0 Å². The van der Waals surface area contributed by atoms with Gasteiger partial charge >= 0.3 is 0 Å². The number of fused-ring (bicyclic) bond motifs is 1. The van der Waals surface area contributed by atoms with Crippen LogP contribution in [-0.4, -0.2) is 31.1 Å². The van der Waals surface area contributed by atoms with E-state index >= 15 is 0 Å². The van der Waals surface area contributed by atoms with Crippen LogP contribution in [0.15, 0.2) is 24.3 Å². The highest BCUT2D eigenvalue weighted by Crippen LogP contribution is 2.32. The average molecular weight is 241 g/mol. The molecule has 2 aliphatic heterocycles. The zero-order valence-corrected chi connectivity index (χ0v) is 10.8. The minimum absolute atomic E-state index is 0.420. The number of nitriles is 1. The topological polar surface area (TPSA) is 39.1 Å². The van der Waals surface area contributed by atoms with E-state index in [0.717, 1.165) is 17.4 Å². The Labute approximate surface area is 108 Å². The second-order valence-corrected chi connectivity index (χ2v) is 5.55. The summed E-state index contributed by atoms with van der Waals surface area (Å²) in [5.74, 6) is 1.65. The molecule has 0 bridgehead atoms. The molecule has 2 aliphatic rings. The highest BCUT2D eigenvalue weighted by molar-refractivity contribution is 5.34. The van der Waals surface area contributed by atoms with Crippen molar-refractivity contribution in [3.05, 3.63) is 35.4 Å². The van der Waals surface area contributed by atoms with Crippen molar-refractivity contribution in [2.75, 3.05) is 26.2 Å². The number of nitrogens with one attached hydrogen (secondary N) is 1. The van der Waals surface area contributed by atoms with Crippen LogP contribution in [0.2, 0.25) is 0 Å².